The van der Waals surface area contributed by atoms with Crippen molar-refractivity contribution in [2.24, 2.45) is 0 Å². The Morgan fingerprint density at radius 1 is 1.32 bits per heavy atom. The Morgan fingerprint density at radius 3 is 2.42 bits per heavy atom. The molecule has 7 nitrogen and oxygen atoms in total. The van der Waals surface area contributed by atoms with E-state index in [1.165, 1.54) is 12.0 Å². The van der Waals surface area contributed by atoms with Crippen LogP contribution in [-0.2, 0) is 19.0 Å². The molecule has 0 bridgehead atoms. The van der Waals surface area contributed by atoms with Gasteiger partial charge in [-0.25, -0.2) is 9.59 Å². The van der Waals surface area contributed by atoms with E-state index in [1.54, 1.807) is 20.8 Å². The molecule has 2 atom stereocenters. The molecule has 1 N–H and O–H groups in total. The molecule has 1 fully saturated rings. The van der Waals surface area contributed by atoms with Crippen molar-refractivity contribution >= 4 is 12.1 Å². The van der Waals surface area contributed by atoms with Gasteiger partial charge in [-0.05, 0) is 20.8 Å². The van der Waals surface area contributed by atoms with Gasteiger partial charge in [-0.1, -0.05) is 0 Å². The fraction of sp³-hybridized carbons (Fsp3) is 0.833. The Bertz CT molecular complexity index is 338. The Kier molecular flexibility index (Phi) is 5.13. The van der Waals surface area contributed by atoms with E-state index in [-0.39, 0.29) is 25.8 Å². The van der Waals surface area contributed by atoms with Gasteiger partial charge in [0.05, 0.1) is 25.8 Å². The highest BCUT2D eigenvalue weighted by Gasteiger charge is 2.33. The Labute approximate surface area is 112 Å². The van der Waals surface area contributed by atoms with Crippen LogP contribution in [0, 0.1) is 0 Å². The lowest BCUT2D eigenvalue weighted by molar-refractivity contribution is -0.151. The van der Waals surface area contributed by atoms with Gasteiger partial charge in [-0.2, -0.15) is 0 Å². The number of aliphatic carboxylic acids is 1. The van der Waals surface area contributed by atoms with Gasteiger partial charge in [-0.3, -0.25) is 0 Å². The lowest BCUT2D eigenvalue weighted by Crippen LogP contribution is -2.44. The van der Waals surface area contributed by atoms with Crippen molar-refractivity contribution < 1.29 is 28.9 Å². The van der Waals surface area contributed by atoms with Gasteiger partial charge < -0.3 is 24.2 Å². The molecule has 0 unspecified atom stereocenters. The van der Waals surface area contributed by atoms with Crippen LogP contribution in [0.4, 0.5) is 4.79 Å². The largest absolute Gasteiger partial charge is 0.479 e. The summed E-state index contributed by atoms with van der Waals surface area (Å²) in [4.78, 5) is 24.3. The van der Waals surface area contributed by atoms with Crippen LogP contribution >= 0.6 is 0 Å². The van der Waals surface area contributed by atoms with Crippen molar-refractivity contribution in [2.45, 2.75) is 38.6 Å². The predicted molar refractivity (Wildman–Crippen MR) is 66.0 cm³/mol. The summed E-state index contributed by atoms with van der Waals surface area (Å²) in [5.41, 5.74) is -0.633. The number of carboxylic acid groups (broad SMARTS) is 1. The van der Waals surface area contributed by atoms with Crippen molar-refractivity contribution in [1.82, 2.24) is 4.90 Å². The van der Waals surface area contributed by atoms with Crippen LogP contribution in [0.25, 0.3) is 0 Å². The molecule has 1 amide bonds. The zero-order valence-electron chi connectivity index (χ0n) is 11.7. The van der Waals surface area contributed by atoms with E-state index in [0.29, 0.717) is 0 Å². The Hall–Kier alpha value is -1.34. The van der Waals surface area contributed by atoms with Gasteiger partial charge in [0.2, 0.25) is 0 Å². The number of carbonyl (C=O) groups is 2. The standard InChI is InChI=1S/C12H21NO6/c1-12(2,3)19-11(16)13-5-8(17-4)7-18-9(6-13)10(14)15/h8-9H,5-7H2,1-4H3,(H,14,15)/t8-,9-/m0/s1. The minimum Gasteiger partial charge on any atom is -0.479 e. The molecular weight excluding hydrogens is 254 g/mol. The maximum Gasteiger partial charge on any atom is 0.410 e. The molecule has 0 spiro atoms. The monoisotopic (exact) mass is 275 g/mol. The molecule has 1 aliphatic heterocycles. The molecule has 0 aromatic carbocycles. The Balaban J connectivity index is 2.76. The summed E-state index contributed by atoms with van der Waals surface area (Å²) in [6, 6.07) is 0. The number of methoxy groups -OCH3 is 1. The van der Waals surface area contributed by atoms with Gasteiger partial charge >= 0.3 is 12.1 Å². The van der Waals surface area contributed by atoms with Crippen molar-refractivity contribution in [1.29, 1.82) is 0 Å². The van der Waals surface area contributed by atoms with Gasteiger partial charge in [0, 0.05) is 7.11 Å². The minimum absolute atomic E-state index is 0.0515. The number of carboxylic acids is 1. The second-order valence-electron chi connectivity index (χ2n) is 5.40. The fourth-order valence-electron chi connectivity index (χ4n) is 1.62. The number of hydrogen-bond donors (Lipinski definition) is 1. The van der Waals surface area contributed by atoms with Crippen LogP contribution in [-0.4, -0.2) is 66.7 Å². The zero-order chi connectivity index (χ0) is 14.6. The number of carbonyl (C=O) groups excluding carboxylic acids is 1. The topological polar surface area (TPSA) is 85.3 Å². The smallest absolute Gasteiger partial charge is 0.410 e. The third-order valence-electron chi connectivity index (χ3n) is 2.55. The van der Waals surface area contributed by atoms with Gasteiger partial charge in [0.25, 0.3) is 0 Å². The first kappa shape index (κ1) is 15.7. The third kappa shape index (κ3) is 5.04. The van der Waals surface area contributed by atoms with E-state index in [1.807, 2.05) is 0 Å². The summed E-state index contributed by atoms with van der Waals surface area (Å²) in [7, 11) is 1.49. The first-order valence-electron chi connectivity index (χ1n) is 6.08. The molecule has 1 rings (SSSR count). The molecule has 0 aliphatic carbocycles. The quantitative estimate of drug-likeness (QED) is 0.799. The normalized spacial score (nSPS) is 24.7. The molecule has 0 saturated carbocycles. The molecule has 0 aromatic heterocycles. The minimum atomic E-state index is -1.11. The highest BCUT2D eigenvalue weighted by atomic mass is 16.6. The van der Waals surface area contributed by atoms with E-state index < -0.39 is 23.8 Å². The van der Waals surface area contributed by atoms with Crippen molar-refractivity contribution in [2.75, 3.05) is 26.8 Å². The number of ether oxygens (including phenoxy) is 3. The van der Waals surface area contributed by atoms with Crippen LogP contribution in [0.2, 0.25) is 0 Å². The van der Waals surface area contributed by atoms with Crippen LogP contribution in [0.5, 0.6) is 0 Å². The predicted octanol–water partition coefficient (Wildman–Crippen LogP) is 0.722. The van der Waals surface area contributed by atoms with E-state index >= 15 is 0 Å². The summed E-state index contributed by atoms with van der Waals surface area (Å²) >= 11 is 0. The fourth-order valence-corrected chi connectivity index (χ4v) is 1.62. The number of rotatable bonds is 2. The number of amides is 1. The first-order chi connectivity index (χ1) is 8.73. The van der Waals surface area contributed by atoms with E-state index in [2.05, 4.69) is 0 Å². The van der Waals surface area contributed by atoms with Crippen LogP contribution in [0.3, 0.4) is 0 Å². The molecule has 1 aliphatic rings. The summed E-state index contributed by atoms with van der Waals surface area (Å²) in [5.74, 6) is -1.11. The van der Waals surface area contributed by atoms with E-state index in [9.17, 15) is 9.59 Å². The van der Waals surface area contributed by atoms with Crippen LogP contribution in [0.15, 0.2) is 0 Å². The van der Waals surface area contributed by atoms with Crippen molar-refractivity contribution in [3.05, 3.63) is 0 Å². The lowest BCUT2D eigenvalue weighted by atomic mass is 10.2. The van der Waals surface area contributed by atoms with Gasteiger partial charge in [-0.15, -0.1) is 0 Å². The van der Waals surface area contributed by atoms with E-state index in [4.69, 9.17) is 19.3 Å². The molecule has 110 valence electrons. The summed E-state index contributed by atoms with van der Waals surface area (Å²) in [6.45, 7) is 5.58. The molecule has 1 saturated heterocycles. The highest BCUT2D eigenvalue weighted by Crippen LogP contribution is 2.14. The summed E-state index contributed by atoms with van der Waals surface area (Å²) in [5, 5.41) is 9.01. The second kappa shape index (κ2) is 6.21. The average Bonchev–Trinajstić information content (AvgIpc) is 2.48. The maximum atomic E-state index is 12.0. The van der Waals surface area contributed by atoms with Gasteiger partial charge in [0.1, 0.15) is 5.60 Å². The Morgan fingerprint density at radius 2 is 1.95 bits per heavy atom. The lowest BCUT2D eigenvalue weighted by Gasteiger charge is -2.28. The molecule has 0 aromatic rings. The van der Waals surface area contributed by atoms with E-state index in [0.717, 1.165) is 0 Å². The van der Waals surface area contributed by atoms with Crippen molar-refractivity contribution in [3.8, 4) is 0 Å². The van der Waals surface area contributed by atoms with Crippen molar-refractivity contribution in [3.63, 3.8) is 0 Å². The number of hydrogen-bond acceptors (Lipinski definition) is 5. The van der Waals surface area contributed by atoms with Crippen LogP contribution < -0.4 is 0 Å². The molecule has 19 heavy (non-hydrogen) atoms. The highest BCUT2D eigenvalue weighted by molar-refractivity contribution is 5.74. The molecular formula is C12H21NO6. The van der Waals surface area contributed by atoms with Gasteiger partial charge in [0.15, 0.2) is 6.10 Å². The number of nitrogens with zero attached hydrogens (tertiary/aromatic N) is 1. The molecule has 1 heterocycles. The summed E-state index contributed by atoms with van der Waals surface area (Å²) < 4.78 is 15.6. The first-order valence-corrected chi connectivity index (χ1v) is 6.08. The molecule has 0 radical (unpaired) electrons. The molecule has 7 heteroatoms. The van der Waals surface area contributed by atoms with Crippen LogP contribution in [0.1, 0.15) is 20.8 Å². The maximum absolute atomic E-state index is 12.0. The second-order valence-corrected chi connectivity index (χ2v) is 5.40. The zero-order valence-corrected chi connectivity index (χ0v) is 11.7. The SMILES string of the molecule is CO[C@@H]1CO[C@H](C(=O)O)CN(C(=O)OC(C)(C)C)C1. The average molecular weight is 275 g/mol. The summed E-state index contributed by atoms with van der Waals surface area (Å²) in [6.07, 6.45) is -1.99. The third-order valence-corrected chi connectivity index (χ3v) is 2.55.